The average Bonchev–Trinajstić information content (AvgIpc) is 3.31. The summed E-state index contributed by atoms with van der Waals surface area (Å²) in [6.45, 7) is 1.69. The molecule has 1 aliphatic carbocycles. The Morgan fingerprint density at radius 3 is 2.33 bits per heavy atom. The number of ketones is 2. The molecule has 224 valence electrons. The van der Waals surface area contributed by atoms with Crippen LogP contribution in [0.4, 0.5) is 11.5 Å². The smallest absolute Gasteiger partial charge is 0.332 e. The van der Waals surface area contributed by atoms with E-state index in [1.807, 2.05) is 0 Å². The highest BCUT2D eigenvalue weighted by molar-refractivity contribution is 6.36. The van der Waals surface area contributed by atoms with E-state index in [1.165, 1.54) is 63.2 Å². The lowest BCUT2D eigenvalue weighted by molar-refractivity contribution is -0.991. The van der Waals surface area contributed by atoms with E-state index in [9.17, 15) is 29.6 Å². The van der Waals surface area contributed by atoms with E-state index in [4.69, 9.17) is 25.8 Å². The summed E-state index contributed by atoms with van der Waals surface area (Å²) in [5, 5.41) is 23.0. The van der Waals surface area contributed by atoms with E-state index < -0.39 is 45.5 Å². The number of halogens is 1. The highest BCUT2D eigenvalue weighted by Gasteiger charge is 2.63. The normalized spacial score (nSPS) is 22.9. The van der Waals surface area contributed by atoms with Crippen molar-refractivity contribution in [1.82, 2.24) is 9.13 Å². The molecule has 1 spiro atoms. The van der Waals surface area contributed by atoms with Gasteiger partial charge in [0, 0.05) is 55.4 Å². The lowest BCUT2D eigenvalue weighted by Crippen LogP contribution is -2.99. The van der Waals surface area contributed by atoms with Gasteiger partial charge in [-0.2, -0.15) is 5.23 Å². The number of methoxy groups -OCH3 is 2. The first-order valence-electron chi connectivity index (χ1n) is 13.2. The molecule has 3 aliphatic rings. The molecule has 0 bridgehead atoms. The van der Waals surface area contributed by atoms with Crippen molar-refractivity contribution in [1.29, 1.82) is 0 Å². The molecule has 3 heterocycles. The molecule has 4 atom stereocenters. The van der Waals surface area contributed by atoms with Crippen molar-refractivity contribution in [3.63, 3.8) is 0 Å². The van der Waals surface area contributed by atoms with Gasteiger partial charge in [-0.15, -0.1) is 0 Å². The van der Waals surface area contributed by atoms with Crippen LogP contribution in [0.5, 0.6) is 17.2 Å². The maximum atomic E-state index is 14.8. The SMILES string of the molecule is COc1cc(OC)c2c(c1Cl)OC1(C(=O)C3=C(CC1C)Nc1c(c(=O)n(C)c(=O)n1C)C3c1ccc([NH+]([O-])O)cc1)C2=O. The molecule has 2 aliphatic heterocycles. The molecule has 0 fully saturated rings. The third-order valence-electron chi connectivity index (χ3n) is 8.57. The van der Waals surface area contributed by atoms with Gasteiger partial charge in [-0.05, 0) is 12.0 Å². The molecule has 0 saturated carbocycles. The Morgan fingerprint density at radius 1 is 1.07 bits per heavy atom. The van der Waals surface area contributed by atoms with Gasteiger partial charge in [0.2, 0.25) is 17.2 Å². The lowest BCUT2D eigenvalue weighted by Gasteiger charge is -2.42. The summed E-state index contributed by atoms with van der Waals surface area (Å²) in [4.78, 5) is 55.7. The molecule has 6 rings (SSSR count). The van der Waals surface area contributed by atoms with Crippen LogP contribution >= 0.6 is 11.6 Å². The van der Waals surface area contributed by atoms with E-state index in [2.05, 4.69) is 5.32 Å². The summed E-state index contributed by atoms with van der Waals surface area (Å²) in [5.41, 5.74) is -2.27. The van der Waals surface area contributed by atoms with Gasteiger partial charge < -0.3 is 24.7 Å². The van der Waals surface area contributed by atoms with Crippen LogP contribution in [0.1, 0.15) is 40.7 Å². The highest BCUT2D eigenvalue weighted by atomic mass is 35.5. The van der Waals surface area contributed by atoms with Crippen LogP contribution in [0.3, 0.4) is 0 Å². The van der Waals surface area contributed by atoms with Gasteiger partial charge in [0.1, 0.15) is 27.9 Å². The topological polar surface area (TPSA) is 166 Å². The predicted octanol–water partition coefficient (Wildman–Crippen LogP) is 1.59. The van der Waals surface area contributed by atoms with Crippen molar-refractivity contribution < 1.29 is 34.2 Å². The molecule has 3 N–H and O–H groups in total. The number of Topliss-reactive ketones (excluding diaryl/α,β-unsaturated/α-hetero) is 2. The van der Waals surface area contributed by atoms with Crippen molar-refractivity contribution in [3.8, 4) is 17.2 Å². The number of carbonyl (C=O) groups is 2. The summed E-state index contributed by atoms with van der Waals surface area (Å²) in [6, 6.07) is 7.18. The van der Waals surface area contributed by atoms with Gasteiger partial charge in [0.15, 0.2) is 11.4 Å². The number of aromatic nitrogens is 2. The number of allylic oxidation sites excluding steroid dienone is 1. The van der Waals surface area contributed by atoms with Crippen molar-refractivity contribution in [2.75, 3.05) is 19.5 Å². The second-order valence-corrected chi connectivity index (χ2v) is 11.1. The minimum absolute atomic E-state index is 0.0000880. The van der Waals surface area contributed by atoms with Crippen molar-refractivity contribution >= 4 is 34.7 Å². The molecule has 13 nitrogen and oxygen atoms in total. The Balaban J connectivity index is 1.60. The fraction of sp³-hybridized carbons (Fsp3) is 0.310. The Kier molecular flexibility index (Phi) is 6.54. The average molecular weight is 611 g/mol. The van der Waals surface area contributed by atoms with Crippen LogP contribution in [0.15, 0.2) is 51.2 Å². The first-order valence-corrected chi connectivity index (χ1v) is 13.6. The largest absolute Gasteiger partial charge is 0.595 e. The fourth-order valence-electron chi connectivity index (χ4n) is 6.34. The number of benzene rings is 2. The summed E-state index contributed by atoms with van der Waals surface area (Å²) in [5.74, 6) is -2.67. The molecule has 14 heteroatoms. The van der Waals surface area contributed by atoms with Crippen LogP contribution in [0, 0.1) is 11.1 Å². The Labute approximate surface area is 249 Å². The van der Waals surface area contributed by atoms with Gasteiger partial charge in [-0.3, -0.25) is 23.5 Å². The Morgan fingerprint density at radius 2 is 1.72 bits per heavy atom. The van der Waals surface area contributed by atoms with E-state index in [0.29, 0.717) is 11.3 Å². The van der Waals surface area contributed by atoms with E-state index in [0.717, 1.165) is 4.57 Å². The quantitative estimate of drug-likeness (QED) is 0.292. The van der Waals surface area contributed by atoms with Gasteiger partial charge in [-0.1, -0.05) is 30.7 Å². The number of nitrogens with one attached hydrogen (secondary N) is 2. The van der Waals surface area contributed by atoms with Crippen LogP contribution in [0.2, 0.25) is 5.02 Å². The Hall–Kier alpha value is -4.43. The number of nitrogens with zero attached hydrogens (tertiary/aromatic N) is 2. The molecule has 0 saturated heterocycles. The number of quaternary nitrogens is 1. The molecule has 43 heavy (non-hydrogen) atoms. The van der Waals surface area contributed by atoms with Crippen LogP contribution in [-0.4, -0.2) is 45.7 Å². The zero-order valence-electron chi connectivity index (χ0n) is 23.7. The van der Waals surface area contributed by atoms with Crippen LogP contribution in [0.25, 0.3) is 0 Å². The van der Waals surface area contributed by atoms with Crippen LogP contribution < -0.4 is 36.0 Å². The second kappa shape index (κ2) is 9.81. The zero-order valence-corrected chi connectivity index (χ0v) is 24.5. The number of ether oxygens (including phenoxy) is 3. The maximum absolute atomic E-state index is 14.8. The number of carbonyl (C=O) groups excluding carboxylic acids is 2. The predicted molar refractivity (Wildman–Crippen MR) is 153 cm³/mol. The van der Waals surface area contributed by atoms with Crippen LogP contribution in [-0.2, 0) is 18.9 Å². The summed E-state index contributed by atoms with van der Waals surface area (Å²) >= 11 is 6.57. The standard InChI is InChI=1S/C29H27ClN4O9/c1-12-10-15-19(24(35)29(12)25(36)20-16(41-4)11-17(42-5)22(30)23(20)43-29)18(13-6-8-14(9-7-13)34(39)40)21-26(31-15)32(2)28(38)33(3)27(21)37/h6-9,11-12,18,31,34,39H,10H2,1-5H3. The molecular formula is C29H27ClN4O9. The molecule has 3 aromatic rings. The summed E-state index contributed by atoms with van der Waals surface area (Å²) in [6.07, 6.45) is 0.129. The van der Waals surface area contributed by atoms with Gasteiger partial charge >= 0.3 is 5.69 Å². The Bertz CT molecular complexity index is 1890. The second-order valence-electron chi connectivity index (χ2n) is 10.7. The van der Waals surface area contributed by atoms with E-state index >= 15 is 0 Å². The molecule has 0 radical (unpaired) electrons. The molecule has 2 aromatic carbocycles. The van der Waals surface area contributed by atoms with E-state index in [-0.39, 0.29) is 56.9 Å². The first-order chi connectivity index (χ1) is 20.4. The van der Waals surface area contributed by atoms with Gasteiger partial charge in [0.05, 0.1) is 19.8 Å². The fourth-order valence-corrected chi connectivity index (χ4v) is 6.60. The number of hydrogen-bond acceptors (Lipinski definition) is 10. The van der Waals surface area contributed by atoms with E-state index in [1.54, 1.807) is 6.92 Å². The summed E-state index contributed by atoms with van der Waals surface area (Å²) in [7, 11) is 5.59. The minimum atomic E-state index is -2.05. The van der Waals surface area contributed by atoms with Crippen molar-refractivity contribution in [2.24, 2.45) is 20.0 Å². The maximum Gasteiger partial charge on any atom is 0.332 e. The number of anilines is 1. The molecule has 0 amide bonds. The van der Waals surface area contributed by atoms with Gasteiger partial charge in [0.25, 0.3) is 5.56 Å². The van der Waals surface area contributed by atoms with Crippen molar-refractivity contribution in [3.05, 3.63) is 89.4 Å². The third-order valence-corrected chi connectivity index (χ3v) is 8.92. The van der Waals surface area contributed by atoms with Crippen molar-refractivity contribution in [2.45, 2.75) is 24.9 Å². The molecular weight excluding hydrogens is 584 g/mol. The first kappa shape index (κ1) is 28.7. The number of hydrogen-bond donors (Lipinski definition) is 3. The zero-order chi connectivity index (χ0) is 31.1. The number of rotatable bonds is 4. The minimum Gasteiger partial charge on any atom is -0.595 e. The lowest BCUT2D eigenvalue weighted by atomic mass is 9.66. The molecule has 4 unspecified atom stereocenters. The highest BCUT2D eigenvalue weighted by Crippen LogP contribution is 2.56. The number of fused-ring (bicyclic) bond motifs is 2. The molecule has 1 aromatic heterocycles. The summed E-state index contributed by atoms with van der Waals surface area (Å²) < 4.78 is 19.3. The third kappa shape index (κ3) is 3.75. The monoisotopic (exact) mass is 610 g/mol. The van der Waals surface area contributed by atoms with Gasteiger partial charge in [-0.25, -0.2) is 10.0 Å².